The lowest BCUT2D eigenvalue weighted by molar-refractivity contribution is -0.131. The van der Waals surface area contributed by atoms with Crippen LogP contribution >= 0.6 is 11.6 Å². The number of hydrogen-bond donors (Lipinski definition) is 0. The third kappa shape index (κ3) is 4.95. The van der Waals surface area contributed by atoms with Crippen molar-refractivity contribution in [1.82, 2.24) is 4.90 Å². The van der Waals surface area contributed by atoms with Gasteiger partial charge < -0.3 is 14.5 Å². The first-order valence-corrected chi connectivity index (χ1v) is 12.4. The fraction of sp³-hybridized carbons (Fsp3) is 0.241. The van der Waals surface area contributed by atoms with E-state index in [0.717, 1.165) is 22.4 Å². The second-order valence-electron chi connectivity index (χ2n) is 9.18. The molecule has 2 heterocycles. The van der Waals surface area contributed by atoms with Crippen molar-refractivity contribution in [2.75, 3.05) is 42.5 Å². The molecule has 3 aromatic rings. The zero-order chi connectivity index (χ0) is 25.2. The minimum atomic E-state index is -0.322. The van der Waals surface area contributed by atoms with Crippen LogP contribution in [0.5, 0.6) is 5.75 Å². The molecule has 1 fully saturated rings. The van der Waals surface area contributed by atoms with Crippen molar-refractivity contribution in [3.63, 3.8) is 0 Å². The lowest BCUT2D eigenvalue weighted by atomic mass is 10.1. The summed E-state index contributed by atoms with van der Waals surface area (Å²) >= 11 is 6.21. The second kappa shape index (κ2) is 10.1. The fourth-order valence-electron chi connectivity index (χ4n) is 4.69. The van der Waals surface area contributed by atoms with Gasteiger partial charge in [0.15, 0.2) is 11.5 Å². The van der Waals surface area contributed by atoms with Crippen LogP contribution in [0.15, 0.2) is 72.5 Å². The van der Waals surface area contributed by atoms with Gasteiger partial charge >= 0.3 is 0 Å². The molecule has 2 amide bonds. The Bertz CT molecular complexity index is 1350. The van der Waals surface area contributed by atoms with Gasteiger partial charge in [-0.3, -0.25) is 14.5 Å². The Morgan fingerprint density at radius 2 is 1.72 bits per heavy atom. The van der Waals surface area contributed by atoms with Gasteiger partial charge in [-0.25, -0.2) is 0 Å². The summed E-state index contributed by atoms with van der Waals surface area (Å²) in [5, 5.41) is 0.702. The number of amides is 2. The number of rotatable bonds is 4. The lowest BCUT2D eigenvalue weighted by Gasteiger charge is -2.38. The maximum Gasteiger partial charge on any atom is 0.294 e. The van der Waals surface area contributed by atoms with E-state index in [1.165, 1.54) is 4.90 Å². The molecule has 0 atom stereocenters. The van der Waals surface area contributed by atoms with Gasteiger partial charge in [-0.2, -0.15) is 0 Å². The minimum Gasteiger partial charge on any atom is -0.449 e. The third-order valence-corrected chi connectivity index (χ3v) is 6.84. The number of hydrogen-bond acceptors (Lipinski definition) is 4. The van der Waals surface area contributed by atoms with Crippen molar-refractivity contribution < 1.29 is 14.3 Å². The van der Waals surface area contributed by atoms with E-state index in [4.69, 9.17) is 16.3 Å². The maximum absolute atomic E-state index is 13.4. The van der Waals surface area contributed by atoms with Crippen molar-refractivity contribution in [1.29, 1.82) is 0 Å². The first-order chi connectivity index (χ1) is 17.4. The summed E-state index contributed by atoms with van der Waals surface area (Å²) in [6, 6.07) is 21.0. The number of para-hydroxylation sites is 2. The highest BCUT2D eigenvalue weighted by atomic mass is 35.5. The molecule has 2 aliphatic heterocycles. The number of aryl methyl sites for hydroxylation is 2. The topological polar surface area (TPSA) is 53.1 Å². The van der Waals surface area contributed by atoms with Crippen LogP contribution in [0.25, 0.3) is 6.08 Å². The molecular weight excluding hydrogens is 474 g/mol. The van der Waals surface area contributed by atoms with Crippen LogP contribution in [0.4, 0.5) is 11.4 Å². The zero-order valence-corrected chi connectivity index (χ0v) is 21.2. The molecule has 5 rings (SSSR count). The highest BCUT2D eigenvalue weighted by Gasteiger charge is 2.33. The molecule has 36 heavy (non-hydrogen) atoms. The number of benzene rings is 3. The Labute approximate surface area is 216 Å². The number of piperazine rings is 1. The first kappa shape index (κ1) is 23.9. The van der Waals surface area contributed by atoms with Gasteiger partial charge in [0.05, 0.1) is 5.69 Å². The number of ether oxygens (including phenoxy) is 1. The van der Waals surface area contributed by atoms with E-state index in [9.17, 15) is 9.59 Å². The molecule has 2 aliphatic rings. The molecule has 0 aliphatic carbocycles. The number of fused-ring (bicyclic) bond motifs is 1. The number of halogens is 1. The third-order valence-electron chi connectivity index (χ3n) is 6.61. The standard InChI is InChI=1S/C29H28ClN3O3/c1-20-6-5-7-22(16-20)17-27-29(35)33(24-8-3-4-9-26(24)36-27)19-28(34)32-14-12-31(13-15-32)25-18-23(30)11-10-21(25)2/h3-11,16-18H,12-15,19H2,1-2H3/b27-17+. The lowest BCUT2D eigenvalue weighted by Crippen LogP contribution is -2.52. The quantitative estimate of drug-likeness (QED) is 0.468. The Kier molecular flexibility index (Phi) is 6.70. The van der Waals surface area contributed by atoms with E-state index in [0.29, 0.717) is 42.6 Å². The average Bonchev–Trinajstić information content (AvgIpc) is 2.88. The second-order valence-corrected chi connectivity index (χ2v) is 9.62. The Hall–Kier alpha value is -3.77. The van der Waals surface area contributed by atoms with E-state index < -0.39 is 0 Å². The number of nitrogens with zero attached hydrogens (tertiary/aromatic N) is 3. The molecule has 1 saturated heterocycles. The Morgan fingerprint density at radius 1 is 0.944 bits per heavy atom. The summed E-state index contributed by atoms with van der Waals surface area (Å²) < 4.78 is 5.96. The van der Waals surface area contributed by atoms with Gasteiger partial charge in [-0.05, 0) is 55.3 Å². The fourth-order valence-corrected chi connectivity index (χ4v) is 4.85. The van der Waals surface area contributed by atoms with Crippen LogP contribution in [-0.2, 0) is 9.59 Å². The van der Waals surface area contributed by atoms with Gasteiger partial charge in [0.25, 0.3) is 5.91 Å². The summed E-state index contributed by atoms with van der Waals surface area (Å²) in [4.78, 5) is 32.4. The molecule has 0 bridgehead atoms. The van der Waals surface area contributed by atoms with Crippen molar-refractivity contribution in [2.24, 2.45) is 0 Å². The summed E-state index contributed by atoms with van der Waals surface area (Å²) in [6.45, 7) is 6.60. The molecule has 0 unspecified atom stereocenters. The van der Waals surface area contributed by atoms with E-state index in [1.54, 1.807) is 6.08 Å². The molecule has 6 nitrogen and oxygen atoms in total. The number of carbonyl (C=O) groups is 2. The molecule has 0 N–H and O–H groups in total. The first-order valence-electron chi connectivity index (χ1n) is 12.0. The van der Waals surface area contributed by atoms with E-state index >= 15 is 0 Å². The highest BCUT2D eigenvalue weighted by molar-refractivity contribution is 6.30. The van der Waals surface area contributed by atoms with Crippen LogP contribution in [0.2, 0.25) is 5.02 Å². The normalized spacial score (nSPS) is 16.7. The molecule has 0 spiro atoms. The van der Waals surface area contributed by atoms with Gasteiger partial charge in [0.2, 0.25) is 5.91 Å². The van der Waals surface area contributed by atoms with Gasteiger partial charge in [0.1, 0.15) is 6.54 Å². The van der Waals surface area contributed by atoms with Crippen LogP contribution in [0, 0.1) is 13.8 Å². The van der Waals surface area contributed by atoms with Crippen LogP contribution in [0.1, 0.15) is 16.7 Å². The van der Waals surface area contributed by atoms with Crippen LogP contribution < -0.4 is 14.5 Å². The Morgan fingerprint density at radius 3 is 2.50 bits per heavy atom. The monoisotopic (exact) mass is 501 g/mol. The van der Waals surface area contributed by atoms with Crippen LogP contribution in [-0.4, -0.2) is 49.4 Å². The zero-order valence-electron chi connectivity index (χ0n) is 20.4. The number of anilines is 2. The summed E-state index contributed by atoms with van der Waals surface area (Å²) in [6.07, 6.45) is 1.73. The molecule has 7 heteroatoms. The summed E-state index contributed by atoms with van der Waals surface area (Å²) in [5.74, 6) is 0.354. The molecule has 3 aromatic carbocycles. The molecule has 0 aromatic heterocycles. The largest absolute Gasteiger partial charge is 0.449 e. The van der Waals surface area contributed by atoms with E-state index in [2.05, 4.69) is 11.8 Å². The van der Waals surface area contributed by atoms with E-state index in [-0.39, 0.29) is 24.1 Å². The molecule has 0 saturated carbocycles. The molecule has 184 valence electrons. The Balaban J connectivity index is 1.32. The van der Waals surface area contributed by atoms with Gasteiger partial charge in [-0.15, -0.1) is 0 Å². The van der Waals surface area contributed by atoms with Crippen molar-refractivity contribution >= 4 is 40.9 Å². The average molecular weight is 502 g/mol. The highest BCUT2D eigenvalue weighted by Crippen LogP contribution is 2.35. The predicted octanol–water partition coefficient (Wildman–Crippen LogP) is 5.07. The molecule has 0 radical (unpaired) electrons. The van der Waals surface area contributed by atoms with Crippen molar-refractivity contribution in [2.45, 2.75) is 13.8 Å². The van der Waals surface area contributed by atoms with Crippen LogP contribution in [0.3, 0.4) is 0 Å². The predicted molar refractivity (Wildman–Crippen MR) is 144 cm³/mol. The maximum atomic E-state index is 13.4. The summed E-state index contributed by atoms with van der Waals surface area (Å²) in [5.41, 5.74) is 4.81. The SMILES string of the molecule is Cc1cccc(/C=C2/Oc3ccccc3N(CC(=O)N3CCN(c4cc(Cl)ccc4C)CC3)C2=O)c1. The molecular formula is C29H28ClN3O3. The van der Waals surface area contributed by atoms with Crippen molar-refractivity contribution in [3.8, 4) is 5.75 Å². The smallest absolute Gasteiger partial charge is 0.294 e. The van der Waals surface area contributed by atoms with Crippen molar-refractivity contribution in [3.05, 3.63) is 94.2 Å². The van der Waals surface area contributed by atoms with Gasteiger partial charge in [-0.1, -0.05) is 59.6 Å². The number of carbonyl (C=O) groups excluding carboxylic acids is 2. The van der Waals surface area contributed by atoms with Gasteiger partial charge in [0, 0.05) is 36.9 Å². The summed E-state index contributed by atoms with van der Waals surface area (Å²) in [7, 11) is 0. The minimum absolute atomic E-state index is 0.0411. The van der Waals surface area contributed by atoms with E-state index in [1.807, 2.05) is 78.6 Å².